The van der Waals surface area contributed by atoms with Gasteiger partial charge in [0.2, 0.25) is 0 Å². The molecule has 0 radical (unpaired) electrons. The van der Waals surface area contributed by atoms with Gasteiger partial charge in [-0.3, -0.25) is 10.1 Å². The predicted octanol–water partition coefficient (Wildman–Crippen LogP) is 3.94. The summed E-state index contributed by atoms with van der Waals surface area (Å²) in [5, 5.41) is 20.1. The Balaban J connectivity index is 2.47. The minimum Gasteiger partial charge on any atom is -0.493 e. The number of hydrogen-bond donors (Lipinski definition) is 0. The molecule has 0 fully saturated rings. The van der Waals surface area contributed by atoms with Crippen LogP contribution in [0, 0.1) is 28.4 Å². The average molecular weight is 330 g/mol. The van der Waals surface area contributed by atoms with E-state index in [1.807, 2.05) is 19.1 Å². The van der Waals surface area contributed by atoms with E-state index in [-0.39, 0.29) is 11.3 Å². The third kappa shape index (κ3) is 3.55. The number of aryl methyl sites for hydroxylation is 1. The maximum atomic E-state index is 11.2. The Morgan fingerprint density at radius 1 is 1.13 bits per heavy atom. The fourth-order valence-corrected chi connectivity index (χ4v) is 3.00. The molecule has 2 aromatic rings. The fourth-order valence-electron chi connectivity index (χ4n) is 2.01. The van der Waals surface area contributed by atoms with Gasteiger partial charge in [-0.05, 0) is 36.8 Å². The molecule has 0 N–H and O–H groups in total. The van der Waals surface area contributed by atoms with Crippen molar-refractivity contribution in [2.24, 2.45) is 0 Å². The highest BCUT2D eigenvalue weighted by atomic mass is 32.2. The largest absolute Gasteiger partial charge is 0.493 e. The molecule has 0 bridgehead atoms. The Labute approximate surface area is 137 Å². The van der Waals surface area contributed by atoms with Gasteiger partial charge in [0, 0.05) is 11.0 Å². The zero-order valence-corrected chi connectivity index (χ0v) is 13.6. The maximum Gasteiger partial charge on any atom is 0.284 e. The summed E-state index contributed by atoms with van der Waals surface area (Å²) >= 11 is 1.25. The maximum absolute atomic E-state index is 11.2. The Hall–Kier alpha value is -2.72. The minimum absolute atomic E-state index is 0.0942. The Morgan fingerprint density at radius 2 is 1.78 bits per heavy atom. The van der Waals surface area contributed by atoms with E-state index in [0.717, 1.165) is 10.5 Å². The molecular weight excluding hydrogens is 316 g/mol. The van der Waals surface area contributed by atoms with Crippen molar-refractivity contribution in [1.29, 1.82) is 5.26 Å². The molecule has 0 atom stereocenters. The van der Waals surface area contributed by atoms with Gasteiger partial charge in [-0.1, -0.05) is 11.8 Å². The number of nitro benzene ring substituents is 1. The van der Waals surface area contributed by atoms with Crippen molar-refractivity contribution < 1.29 is 14.4 Å². The van der Waals surface area contributed by atoms with Crippen molar-refractivity contribution in [3.8, 4) is 17.6 Å². The number of ether oxygens (including phenoxy) is 2. The summed E-state index contributed by atoms with van der Waals surface area (Å²) in [6.45, 7) is 1.89. The third-order valence-corrected chi connectivity index (χ3v) is 4.41. The third-order valence-electron chi connectivity index (χ3n) is 3.19. The van der Waals surface area contributed by atoms with Crippen molar-refractivity contribution in [2.45, 2.75) is 16.7 Å². The second-order valence-electron chi connectivity index (χ2n) is 4.63. The van der Waals surface area contributed by atoms with E-state index in [0.29, 0.717) is 16.4 Å². The molecule has 7 heteroatoms. The molecule has 0 heterocycles. The minimum atomic E-state index is -0.487. The number of hydrogen-bond acceptors (Lipinski definition) is 6. The van der Waals surface area contributed by atoms with Crippen LogP contribution in [0.25, 0.3) is 0 Å². The zero-order chi connectivity index (χ0) is 17.0. The average Bonchev–Trinajstić information content (AvgIpc) is 2.56. The molecule has 2 aromatic carbocycles. The first-order valence-corrected chi connectivity index (χ1v) is 7.40. The highest BCUT2D eigenvalue weighted by Crippen LogP contribution is 2.41. The van der Waals surface area contributed by atoms with Crippen molar-refractivity contribution in [1.82, 2.24) is 0 Å². The van der Waals surface area contributed by atoms with E-state index in [2.05, 4.69) is 0 Å². The number of nitriles is 1. The summed E-state index contributed by atoms with van der Waals surface area (Å²) in [6.07, 6.45) is 0. The highest BCUT2D eigenvalue weighted by Gasteiger charge is 2.18. The van der Waals surface area contributed by atoms with Gasteiger partial charge in [0.15, 0.2) is 11.5 Å². The lowest BCUT2D eigenvalue weighted by Gasteiger charge is -2.12. The van der Waals surface area contributed by atoms with Crippen LogP contribution in [-0.2, 0) is 0 Å². The van der Waals surface area contributed by atoms with E-state index < -0.39 is 4.92 Å². The normalized spacial score (nSPS) is 10.0. The van der Waals surface area contributed by atoms with Crippen LogP contribution in [0.2, 0.25) is 0 Å². The van der Waals surface area contributed by atoms with Crippen LogP contribution in [0.1, 0.15) is 11.1 Å². The molecule has 0 aliphatic heterocycles. The Morgan fingerprint density at radius 3 is 2.35 bits per heavy atom. The number of benzene rings is 2. The monoisotopic (exact) mass is 330 g/mol. The summed E-state index contributed by atoms with van der Waals surface area (Å²) in [5.74, 6) is 1.15. The first kappa shape index (κ1) is 16.6. The van der Waals surface area contributed by atoms with Crippen LogP contribution in [0.15, 0.2) is 40.1 Å². The highest BCUT2D eigenvalue weighted by molar-refractivity contribution is 7.99. The van der Waals surface area contributed by atoms with Gasteiger partial charge < -0.3 is 9.47 Å². The van der Waals surface area contributed by atoms with Gasteiger partial charge in [0.25, 0.3) is 5.69 Å². The van der Waals surface area contributed by atoms with Gasteiger partial charge in [0.1, 0.15) is 0 Å². The standard InChI is InChI=1S/C16H14N2O4S/c1-10-6-13(21-2)14(22-3)8-16(10)23-15-5-4-11(9-17)7-12(15)18(19)20/h4-8H,1-3H3. The molecule has 6 nitrogen and oxygen atoms in total. The van der Waals surface area contributed by atoms with E-state index in [4.69, 9.17) is 14.7 Å². The molecule has 0 spiro atoms. The molecule has 0 aromatic heterocycles. The van der Waals surface area contributed by atoms with E-state index in [1.54, 1.807) is 25.3 Å². The van der Waals surface area contributed by atoms with E-state index >= 15 is 0 Å². The number of nitrogens with zero attached hydrogens (tertiary/aromatic N) is 2. The van der Waals surface area contributed by atoms with Crippen LogP contribution in [0.3, 0.4) is 0 Å². The lowest BCUT2D eigenvalue weighted by molar-refractivity contribution is -0.387. The van der Waals surface area contributed by atoms with E-state index in [9.17, 15) is 10.1 Å². The molecule has 0 aliphatic rings. The van der Waals surface area contributed by atoms with Crippen molar-refractivity contribution >= 4 is 17.4 Å². The smallest absolute Gasteiger partial charge is 0.284 e. The number of methoxy groups -OCH3 is 2. The molecular formula is C16H14N2O4S. The Kier molecular flexibility index (Phi) is 5.09. The molecule has 0 saturated carbocycles. The summed E-state index contributed by atoms with van der Waals surface area (Å²) in [7, 11) is 3.08. The molecule has 0 aliphatic carbocycles. The van der Waals surface area contributed by atoms with Gasteiger partial charge in [-0.25, -0.2) is 0 Å². The predicted molar refractivity (Wildman–Crippen MR) is 86.2 cm³/mol. The fraction of sp³-hybridized carbons (Fsp3) is 0.188. The topological polar surface area (TPSA) is 85.4 Å². The summed E-state index contributed by atoms with van der Waals surface area (Å²) < 4.78 is 10.5. The Bertz CT molecular complexity index is 799. The molecule has 118 valence electrons. The van der Waals surface area contributed by atoms with Crippen molar-refractivity contribution in [3.05, 3.63) is 51.6 Å². The summed E-state index contributed by atoms with van der Waals surface area (Å²) in [5.41, 5.74) is 1.07. The van der Waals surface area contributed by atoms with Crippen LogP contribution >= 0.6 is 11.8 Å². The quantitative estimate of drug-likeness (QED) is 0.609. The van der Waals surface area contributed by atoms with Crippen LogP contribution in [0.4, 0.5) is 5.69 Å². The number of rotatable bonds is 5. The van der Waals surface area contributed by atoms with Gasteiger partial charge in [-0.2, -0.15) is 5.26 Å². The first-order chi connectivity index (χ1) is 11.0. The van der Waals surface area contributed by atoms with Gasteiger partial charge in [0.05, 0.1) is 35.7 Å². The van der Waals surface area contributed by atoms with Crippen molar-refractivity contribution in [3.63, 3.8) is 0 Å². The molecule has 2 rings (SSSR count). The molecule has 0 saturated heterocycles. The van der Waals surface area contributed by atoms with E-state index in [1.165, 1.54) is 24.9 Å². The van der Waals surface area contributed by atoms with Crippen LogP contribution < -0.4 is 9.47 Å². The summed E-state index contributed by atoms with van der Waals surface area (Å²) in [4.78, 5) is 12.0. The molecule has 0 amide bonds. The molecule has 0 unspecified atom stereocenters. The van der Waals surface area contributed by atoms with Crippen LogP contribution in [-0.4, -0.2) is 19.1 Å². The summed E-state index contributed by atoms with van der Waals surface area (Å²) in [6, 6.07) is 9.92. The van der Waals surface area contributed by atoms with Gasteiger partial charge in [-0.15, -0.1) is 0 Å². The lowest BCUT2D eigenvalue weighted by Crippen LogP contribution is -1.94. The lowest BCUT2D eigenvalue weighted by atomic mass is 10.2. The number of nitro groups is 1. The van der Waals surface area contributed by atoms with Gasteiger partial charge >= 0.3 is 0 Å². The van der Waals surface area contributed by atoms with Crippen LogP contribution in [0.5, 0.6) is 11.5 Å². The second kappa shape index (κ2) is 7.03. The zero-order valence-electron chi connectivity index (χ0n) is 12.8. The van der Waals surface area contributed by atoms with Crippen molar-refractivity contribution in [2.75, 3.05) is 14.2 Å². The SMILES string of the molecule is COc1cc(C)c(Sc2ccc(C#N)cc2[N+](=O)[O-])cc1OC. The molecule has 23 heavy (non-hydrogen) atoms. The first-order valence-electron chi connectivity index (χ1n) is 6.59. The second-order valence-corrected chi connectivity index (χ2v) is 5.71.